The molecule has 1 atom stereocenters. The molecule has 3 aromatic rings. The van der Waals surface area contributed by atoms with Gasteiger partial charge in [0.15, 0.2) is 6.10 Å². The van der Waals surface area contributed by atoms with Crippen molar-refractivity contribution < 1.29 is 9.53 Å². The van der Waals surface area contributed by atoms with Crippen molar-refractivity contribution in [2.75, 3.05) is 5.32 Å². The van der Waals surface area contributed by atoms with E-state index in [0.29, 0.717) is 22.8 Å². The van der Waals surface area contributed by atoms with Crippen molar-refractivity contribution in [3.8, 4) is 11.6 Å². The second kappa shape index (κ2) is 8.92. The predicted octanol–water partition coefficient (Wildman–Crippen LogP) is 4.30. The van der Waals surface area contributed by atoms with E-state index in [-0.39, 0.29) is 17.3 Å². The number of carbonyl (C=O) groups excluding carboxylic acids is 1. The average molecular weight is 412 g/mol. The van der Waals surface area contributed by atoms with Gasteiger partial charge in [-0.05, 0) is 55.7 Å². The van der Waals surface area contributed by atoms with Gasteiger partial charge >= 0.3 is 0 Å². The Morgan fingerprint density at radius 1 is 1.17 bits per heavy atom. The van der Waals surface area contributed by atoms with Crippen LogP contribution in [0.4, 0.5) is 5.69 Å². The summed E-state index contributed by atoms with van der Waals surface area (Å²) < 4.78 is 7.02. The van der Waals surface area contributed by atoms with Crippen LogP contribution in [-0.4, -0.2) is 21.8 Å². The third-order valence-corrected chi connectivity index (χ3v) is 4.62. The van der Waals surface area contributed by atoms with Crippen LogP contribution in [-0.2, 0) is 4.79 Å². The lowest BCUT2D eigenvalue weighted by molar-refractivity contribution is -0.123. The van der Waals surface area contributed by atoms with Crippen molar-refractivity contribution in [3.05, 3.63) is 81.1 Å². The summed E-state index contributed by atoms with van der Waals surface area (Å²) >= 11 is 6.07. The number of aromatic nitrogens is 2. The first-order valence-corrected chi connectivity index (χ1v) is 9.66. The monoisotopic (exact) mass is 411 g/mol. The molecule has 0 saturated carbocycles. The zero-order valence-electron chi connectivity index (χ0n) is 16.5. The van der Waals surface area contributed by atoms with Gasteiger partial charge < -0.3 is 10.1 Å². The first-order valence-electron chi connectivity index (χ1n) is 9.28. The normalized spacial score (nSPS) is 11.7. The number of benzene rings is 2. The van der Waals surface area contributed by atoms with Gasteiger partial charge in [0.25, 0.3) is 11.5 Å². The summed E-state index contributed by atoms with van der Waals surface area (Å²) in [5.74, 6) is -0.105. The van der Waals surface area contributed by atoms with Gasteiger partial charge in [0, 0.05) is 22.8 Å². The number of aryl methyl sites for hydroxylation is 2. The van der Waals surface area contributed by atoms with Gasteiger partial charge in [0.05, 0.1) is 5.69 Å². The van der Waals surface area contributed by atoms with E-state index in [1.165, 1.54) is 16.8 Å². The summed E-state index contributed by atoms with van der Waals surface area (Å²) in [6.45, 7) is 5.66. The minimum absolute atomic E-state index is 0.176. The molecule has 2 aromatic carbocycles. The molecule has 6 nitrogen and oxygen atoms in total. The summed E-state index contributed by atoms with van der Waals surface area (Å²) in [6, 6.07) is 15.6. The molecular formula is C22H22ClN3O3. The van der Waals surface area contributed by atoms with Crippen LogP contribution in [0.25, 0.3) is 5.69 Å². The Balaban J connectivity index is 1.84. The van der Waals surface area contributed by atoms with E-state index in [0.717, 1.165) is 11.1 Å². The number of carbonyl (C=O) groups is 1. The van der Waals surface area contributed by atoms with Crippen molar-refractivity contribution in [1.29, 1.82) is 0 Å². The fourth-order valence-corrected chi connectivity index (χ4v) is 3.02. The Bertz CT molecular complexity index is 1090. The second-order valence-corrected chi connectivity index (χ2v) is 7.16. The molecule has 7 heteroatoms. The fourth-order valence-electron chi connectivity index (χ4n) is 2.85. The Morgan fingerprint density at radius 3 is 2.69 bits per heavy atom. The molecule has 0 aliphatic rings. The van der Waals surface area contributed by atoms with Crippen molar-refractivity contribution in [3.63, 3.8) is 0 Å². The predicted molar refractivity (Wildman–Crippen MR) is 114 cm³/mol. The van der Waals surface area contributed by atoms with Crippen LogP contribution >= 0.6 is 11.6 Å². The van der Waals surface area contributed by atoms with Crippen molar-refractivity contribution >= 4 is 23.2 Å². The number of ether oxygens (including phenoxy) is 1. The third kappa shape index (κ3) is 5.03. The van der Waals surface area contributed by atoms with Gasteiger partial charge in [-0.1, -0.05) is 36.7 Å². The van der Waals surface area contributed by atoms with E-state index in [1.54, 1.807) is 12.1 Å². The molecule has 1 N–H and O–H groups in total. The summed E-state index contributed by atoms with van der Waals surface area (Å²) in [5.41, 5.74) is 2.82. The first-order chi connectivity index (χ1) is 13.9. The Kier molecular flexibility index (Phi) is 6.34. The van der Waals surface area contributed by atoms with Crippen molar-refractivity contribution in [1.82, 2.24) is 9.78 Å². The van der Waals surface area contributed by atoms with E-state index < -0.39 is 6.10 Å². The average Bonchev–Trinajstić information content (AvgIpc) is 2.69. The number of anilines is 1. The van der Waals surface area contributed by atoms with Crippen molar-refractivity contribution in [2.24, 2.45) is 0 Å². The SMILES string of the molecule is CCC(Oc1ccc(=O)n(-c2cc(Cl)ccc2C)n1)C(=O)Nc1cccc(C)c1. The number of hydrogen-bond donors (Lipinski definition) is 1. The molecule has 0 fully saturated rings. The maximum Gasteiger partial charge on any atom is 0.271 e. The highest BCUT2D eigenvalue weighted by atomic mass is 35.5. The van der Waals surface area contributed by atoms with Gasteiger partial charge in [0.1, 0.15) is 0 Å². The van der Waals surface area contributed by atoms with Gasteiger partial charge in [-0.25, -0.2) is 0 Å². The topological polar surface area (TPSA) is 73.2 Å². The molecule has 0 aliphatic carbocycles. The fraction of sp³-hybridized carbons (Fsp3) is 0.227. The number of halogens is 1. The number of nitrogens with one attached hydrogen (secondary N) is 1. The molecule has 1 unspecified atom stereocenters. The van der Waals surface area contributed by atoms with Crippen LogP contribution < -0.4 is 15.6 Å². The lowest BCUT2D eigenvalue weighted by Crippen LogP contribution is -2.33. The molecule has 0 aliphatic heterocycles. The number of rotatable bonds is 6. The molecule has 150 valence electrons. The minimum atomic E-state index is -0.755. The lowest BCUT2D eigenvalue weighted by atomic mass is 10.2. The van der Waals surface area contributed by atoms with Crippen molar-refractivity contribution in [2.45, 2.75) is 33.3 Å². The Hall–Kier alpha value is -3.12. The summed E-state index contributed by atoms with van der Waals surface area (Å²) in [7, 11) is 0. The largest absolute Gasteiger partial charge is 0.463 e. The first kappa shape index (κ1) is 20.6. The maximum absolute atomic E-state index is 12.6. The third-order valence-electron chi connectivity index (χ3n) is 4.39. The molecule has 0 radical (unpaired) electrons. The van der Waals surface area contributed by atoms with Crippen LogP contribution in [0, 0.1) is 13.8 Å². The molecule has 3 rings (SSSR count). The van der Waals surface area contributed by atoms with Crippen LogP contribution in [0.2, 0.25) is 5.02 Å². The quantitative estimate of drug-likeness (QED) is 0.656. The molecular weight excluding hydrogens is 390 g/mol. The molecule has 0 spiro atoms. The van der Waals surface area contributed by atoms with Gasteiger partial charge in [-0.15, -0.1) is 5.10 Å². The van der Waals surface area contributed by atoms with Gasteiger partial charge in [-0.3, -0.25) is 9.59 Å². The van der Waals surface area contributed by atoms with Gasteiger partial charge in [0.2, 0.25) is 5.88 Å². The Morgan fingerprint density at radius 2 is 1.97 bits per heavy atom. The lowest BCUT2D eigenvalue weighted by Gasteiger charge is -2.17. The zero-order chi connectivity index (χ0) is 21.0. The summed E-state index contributed by atoms with van der Waals surface area (Å²) in [4.78, 5) is 25.0. The van der Waals surface area contributed by atoms with Gasteiger partial charge in [-0.2, -0.15) is 4.68 Å². The molecule has 29 heavy (non-hydrogen) atoms. The molecule has 1 amide bonds. The highest BCUT2D eigenvalue weighted by molar-refractivity contribution is 6.30. The van der Waals surface area contributed by atoms with E-state index in [1.807, 2.05) is 51.1 Å². The molecule has 1 aromatic heterocycles. The van der Waals surface area contributed by atoms with Crippen LogP contribution in [0.5, 0.6) is 5.88 Å². The zero-order valence-corrected chi connectivity index (χ0v) is 17.2. The van der Waals surface area contributed by atoms with Crippen LogP contribution in [0.15, 0.2) is 59.4 Å². The maximum atomic E-state index is 12.6. The summed E-state index contributed by atoms with van der Waals surface area (Å²) in [6.07, 6.45) is -0.316. The van der Waals surface area contributed by atoms with Crippen LogP contribution in [0.3, 0.4) is 0 Å². The number of amides is 1. The standard InChI is InChI=1S/C22H22ClN3O3/c1-4-19(22(28)24-17-7-5-6-14(2)12-17)29-20-10-11-21(27)26(25-20)18-13-16(23)9-8-15(18)3/h5-13,19H,4H2,1-3H3,(H,24,28). The van der Waals surface area contributed by atoms with E-state index in [9.17, 15) is 9.59 Å². The molecule has 1 heterocycles. The van der Waals surface area contributed by atoms with E-state index in [4.69, 9.17) is 16.3 Å². The minimum Gasteiger partial charge on any atom is -0.463 e. The van der Waals surface area contributed by atoms with Crippen LogP contribution in [0.1, 0.15) is 24.5 Å². The molecule has 0 bridgehead atoms. The van der Waals surface area contributed by atoms with E-state index >= 15 is 0 Å². The highest BCUT2D eigenvalue weighted by Gasteiger charge is 2.20. The smallest absolute Gasteiger partial charge is 0.271 e. The van der Waals surface area contributed by atoms with E-state index in [2.05, 4.69) is 10.4 Å². The Labute approximate surface area is 174 Å². The summed E-state index contributed by atoms with van der Waals surface area (Å²) in [5, 5.41) is 7.62. The number of nitrogens with zero attached hydrogens (tertiary/aromatic N) is 2. The second-order valence-electron chi connectivity index (χ2n) is 6.73. The highest BCUT2D eigenvalue weighted by Crippen LogP contribution is 2.19. The number of hydrogen-bond acceptors (Lipinski definition) is 4. The molecule has 0 saturated heterocycles.